The highest BCUT2D eigenvalue weighted by molar-refractivity contribution is 6.00. The third-order valence-electron chi connectivity index (χ3n) is 18.7. The van der Waals surface area contributed by atoms with E-state index in [1.807, 2.05) is 48.5 Å². The third-order valence-corrected chi connectivity index (χ3v) is 18.7. The molecule has 4 unspecified atom stereocenters. The highest BCUT2D eigenvalue weighted by Gasteiger charge is 2.48. The van der Waals surface area contributed by atoms with E-state index in [0.29, 0.717) is 91.9 Å². The molecule has 0 bridgehead atoms. The lowest BCUT2D eigenvalue weighted by Crippen LogP contribution is -2.46. The van der Waals surface area contributed by atoms with Gasteiger partial charge in [0.1, 0.15) is 11.6 Å². The van der Waals surface area contributed by atoms with Crippen LogP contribution in [0.4, 0.5) is 44.7 Å². The van der Waals surface area contributed by atoms with Gasteiger partial charge in [0.05, 0.1) is 41.0 Å². The Labute approximate surface area is 495 Å². The largest absolute Gasteiger partial charge is 0.393 e. The molecule has 6 aromatic rings. The first kappa shape index (κ1) is 58.9. The summed E-state index contributed by atoms with van der Waals surface area (Å²) in [6.07, 6.45) is 2.28. The van der Waals surface area contributed by atoms with E-state index < -0.39 is 65.5 Å². The molecule has 3 saturated heterocycles. The highest BCUT2D eigenvalue weighted by atomic mass is 19.4. The maximum Gasteiger partial charge on any atom is 0.393 e. The van der Waals surface area contributed by atoms with Gasteiger partial charge < -0.3 is 30.7 Å². The summed E-state index contributed by atoms with van der Waals surface area (Å²) in [6, 6.07) is 33.7. The monoisotopic (exact) mass is 1160 g/mol. The van der Waals surface area contributed by atoms with Crippen molar-refractivity contribution in [3.8, 4) is 0 Å². The predicted octanol–water partition coefficient (Wildman–Crippen LogP) is 15.4. The predicted molar refractivity (Wildman–Crippen MR) is 325 cm³/mol. The summed E-state index contributed by atoms with van der Waals surface area (Å²) < 4.78 is 73.1. The second kappa shape index (κ2) is 23.9. The zero-order valence-corrected chi connectivity index (χ0v) is 49.2. The number of aryl methyl sites for hydroxylation is 2. The van der Waals surface area contributed by atoms with Gasteiger partial charge in [0.25, 0.3) is 11.8 Å². The van der Waals surface area contributed by atoms with Crippen molar-refractivity contribution < 1.29 is 41.1 Å². The topological polar surface area (TPSA) is 114 Å². The summed E-state index contributed by atoms with van der Waals surface area (Å²) in [6.45, 7) is 13.8. The molecule has 2 aliphatic carbocycles. The van der Waals surface area contributed by atoms with Crippen LogP contribution >= 0.6 is 0 Å². The Hall–Kier alpha value is -7.81. The molecule has 11 rings (SSSR count). The van der Waals surface area contributed by atoms with Crippen LogP contribution in [0.15, 0.2) is 127 Å². The van der Waals surface area contributed by atoms with Crippen molar-refractivity contribution in [2.24, 2.45) is 17.8 Å². The molecule has 7 atom stereocenters. The molecular weight excluding hydrogens is 1080 g/mol. The third kappa shape index (κ3) is 12.1. The van der Waals surface area contributed by atoms with Crippen LogP contribution in [0, 0.1) is 43.2 Å². The van der Waals surface area contributed by atoms with Crippen LogP contribution in [0.3, 0.4) is 0 Å². The minimum absolute atomic E-state index is 0.00110. The van der Waals surface area contributed by atoms with Crippen molar-refractivity contribution in [3.63, 3.8) is 0 Å². The number of rotatable bonds is 12. The lowest BCUT2D eigenvalue weighted by atomic mass is 9.82. The lowest BCUT2D eigenvalue weighted by molar-refractivity contribution is -0.174. The molecule has 3 N–H and O–H groups in total. The molecule has 6 aromatic carbocycles. The van der Waals surface area contributed by atoms with Crippen LogP contribution in [0.5, 0.6) is 0 Å². The number of carbonyl (C=O) groups excluding carboxylic acids is 4. The Kier molecular flexibility index (Phi) is 16.6. The van der Waals surface area contributed by atoms with Gasteiger partial charge in [-0.1, -0.05) is 93.9 Å². The minimum Gasteiger partial charge on any atom is -0.382 e. The number of allylic oxidation sites excluding steroid dienone is 2. The molecule has 85 heavy (non-hydrogen) atoms. The van der Waals surface area contributed by atoms with Gasteiger partial charge in [0.2, 0.25) is 11.8 Å². The van der Waals surface area contributed by atoms with Crippen molar-refractivity contribution in [2.75, 3.05) is 47.0 Å². The number of carbonyl (C=O) groups is 4. The normalized spacial score (nSPS) is 22.5. The van der Waals surface area contributed by atoms with E-state index in [-0.39, 0.29) is 47.2 Å². The van der Waals surface area contributed by atoms with Gasteiger partial charge in [-0.2, -0.15) is 13.2 Å². The maximum absolute atomic E-state index is 15.7. The number of nitrogens with zero attached hydrogens (tertiary/aromatic N) is 3. The van der Waals surface area contributed by atoms with E-state index in [2.05, 4.69) is 66.8 Å². The zero-order valence-electron chi connectivity index (χ0n) is 49.2. The molecule has 0 radical (unpaired) electrons. The first-order valence-corrected chi connectivity index (χ1v) is 30.1. The maximum atomic E-state index is 15.7. The van der Waals surface area contributed by atoms with Crippen LogP contribution in [0.1, 0.15) is 162 Å². The molecule has 0 spiro atoms. The Morgan fingerprint density at radius 3 is 1.79 bits per heavy atom. The van der Waals surface area contributed by atoms with Crippen LogP contribution in [-0.4, -0.2) is 71.8 Å². The second-order valence-electron chi connectivity index (χ2n) is 25.2. The highest BCUT2D eigenvalue weighted by Crippen LogP contribution is 2.46. The fraction of sp³-hybridized carbons (Fsp3) is 0.400. The Bertz CT molecular complexity index is 3530. The first-order chi connectivity index (χ1) is 40.6. The van der Waals surface area contributed by atoms with Crippen molar-refractivity contribution in [1.29, 1.82) is 0 Å². The SMILES string of the molecule is CC1=CCc2c1cc(NC(=O)[C@H]1CCCN(C(=O)c3c(C)cccc3F)C1c1ccc(NC3CCC[C@@H]3C(F)(F)F)cc1)cc2C1CCN(c2cccc([C@H]3C(C(=O)Nc4cccc(C(C)(C)C)c4)CCCN3C(=O)c3c(C)cccc3F)c2)C1. The summed E-state index contributed by atoms with van der Waals surface area (Å²) in [5, 5.41) is 9.58. The van der Waals surface area contributed by atoms with Crippen molar-refractivity contribution in [3.05, 3.63) is 195 Å². The number of amides is 4. The Morgan fingerprint density at radius 1 is 0.576 bits per heavy atom. The number of hydrogen-bond acceptors (Lipinski definition) is 6. The van der Waals surface area contributed by atoms with Crippen molar-refractivity contribution in [2.45, 2.75) is 135 Å². The first-order valence-electron chi connectivity index (χ1n) is 30.1. The number of likely N-dealkylation sites (tertiary alicyclic amines) is 2. The van der Waals surface area contributed by atoms with Crippen LogP contribution in [0.2, 0.25) is 0 Å². The average Bonchev–Trinajstić information content (AvgIpc) is 2.40. The van der Waals surface area contributed by atoms with Gasteiger partial charge in [0, 0.05) is 60.9 Å². The van der Waals surface area contributed by atoms with Gasteiger partial charge in [-0.25, -0.2) is 8.78 Å². The number of hydrogen-bond donors (Lipinski definition) is 3. The molecule has 444 valence electrons. The number of fused-ring (bicyclic) bond motifs is 1. The molecule has 3 aliphatic heterocycles. The molecule has 4 amide bonds. The van der Waals surface area contributed by atoms with E-state index >= 15 is 13.6 Å². The summed E-state index contributed by atoms with van der Waals surface area (Å²) in [7, 11) is 0. The van der Waals surface area contributed by atoms with Crippen LogP contribution in [0.25, 0.3) is 5.57 Å². The number of nitrogens with one attached hydrogen (secondary N) is 3. The number of alkyl halides is 3. The zero-order chi connectivity index (χ0) is 60.1. The number of piperidine rings is 2. The molecule has 10 nitrogen and oxygen atoms in total. The van der Waals surface area contributed by atoms with E-state index in [4.69, 9.17) is 0 Å². The Morgan fingerprint density at radius 2 is 1.18 bits per heavy atom. The Balaban J connectivity index is 0.870. The summed E-state index contributed by atoms with van der Waals surface area (Å²) in [5.74, 6) is -5.62. The van der Waals surface area contributed by atoms with Crippen molar-refractivity contribution in [1.82, 2.24) is 9.80 Å². The molecule has 5 aliphatic rings. The summed E-state index contributed by atoms with van der Waals surface area (Å²) >= 11 is 0. The fourth-order valence-electron chi connectivity index (χ4n) is 14.2. The molecular formula is C70H75F5N6O4. The summed E-state index contributed by atoms with van der Waals surface area (Å²) in [5.41, 5.74) is 10.4. The van der Waals surface area contributed by atoms with E-state index in [9.17, 15) is 27.6 Å². The summed E-state index contributed by atoms with van der Waals surface area (Å²) in [4.78, 5) is 64.6. The standard InChI is InChI=1S/C70H75F5N6O4/c1-41-26-31-52-55(41)38-50(78-66(83)53-20-12-33-80(67(84)61-42(2)14-7-23-58(61)71)63(53)44-27-29-48(30-28-44)76-60-25-11-22-57(60)70(73,74)75)39-56(52)46-32-35-79(40-46)51-19-9-16-45(36-51)64-54(65(82)77-49-18-10-17-47(37-49)69(4,5)6)21-13-34-81(64)68(85)62-43(3)15-8-24-59(62)72/h7-10,14-19,23-24,26-30,36-39,46,53-54,57,60,63-64,76H,11-13,20-22,25,31-35,40H2,1-6H3,(H,77,82)(H,78,83)/t46?,53-,54?,57-,60?,63?,64-/m0/s1. The minimum atomic E-state index is -4.33. The number of halogens is 5. The molecule has 1 saturated carbocycles. The van der Waals surface area contributed by atoms with E-state index in [0.717, 1.165) is 46.4 Å². The van der Waals surface area contributed by atoms with Gasteiger partial charge in [-0.3, -0.25) is 19.2 Å². The van der Waals surface area contributed by atoms with Gasteiger partial charge in [-0.15, -0.1) is 0 Å². The smallest absolute Gasteiger partial charge is 0.382 e. The fourth-order valence-corrected chi connectivity index (χ4v) is 14.2. The molecule has 3 heterocycles. The van der Waals surface area contributed by atoms with Gasteiger partial charge in [0.15, 0.2) is 0 Å². The number of benzene rings is 6. The average molecular weight is 1160 g/mol. The molecule has 0 aromatic heterocycles. The quantitative estimate of drug-likeness (QED) is 0.105. The number of anilines is 4. The second-order valence-corrected chi connectivity index (χ2v) is 25.2. The molecule has 4 fully saturated rings. The lowest BCUT2D eigenvalue weighted by Gasteiger charge is -2.41. The van der Waals surface area contributed by atoms with E-state index in [1.165, 1.54) is 17.7 Å². The van der Waals surface area contributed by atoms with Gasteiger partial charge >= 0.3 is 6.18 Å². The van der Waals surface area contributed by atoms with Gasteiger partial charge in [-0.05, 0) is 188 Å². The molecule has 15 heteroatoms. The van der Waals surface area contributed by atoms with Crippen molar-refractivity contribution >= 4 is 52.0 Å². The van der Waals surface area contributed by atoms with Crippen LogP contribution in [-0.2, 0) is 21.4 Å². The van der Waals surface area contributed by atoms with Crippen LogP contribution < -0.4 is 20.9 Å². The van der Waals surface area contributed by atoms with E-state index in [1.54, 1.807) is 72.2 Å².